The number of aliphatic hydroxyl groups excluding tert-OH is 1. The first-order valence-electron chi connectivity index (χ1n) is 8.40. The summed E-state index contributed by atoms with van der Waals surface area (Å²) in [5.41, 5.74) is 3.06. The Balaban J connectivity index is 1.80. The molecule has 1 atom stereocenters. The molecule has 0 saturated carbocycles. The first-order chi connectivity index (χ1) is 12.2. The van der Waals surface area contributed by atoms with Crippen LogP contribution in [0.15, 0.2) is 24.4 Å². The van der Waals surface area contributed by atoms with Gasteiger partial charge in [0.15, 0.2) is 11.5 Å². The Kier molecular flexibility index (Phi) is 5.91. The number of aliphatic hydroxyl groups is 1. The van der Waals surface area contributed by atoms with E-state index >= 15 is 0 Å². The Bertz CT molecular complexity index is 689. The van der Waals surface area contributed by atoms with Crippen molar-refractivity contribution in [3.8, 4) is 22.8 Å². The van der Waals surface area contributed by atoms with E-state index in [9.17, 15) is 5.11 Å². The van der Waals surface area contributed by atoms with Crippen molar-refractivity contribution < 1.29 is 19.3 Å². The number of hydrogen-bond donors (Lipinski definition) is 2. The van der Waals surface area contributed by atoms with Gasteiger partial charge in [-0.05, 0) is 18.2 Å². The number of nitrogens with one attached hydrogen (secondary N) is 1. The minimum atomic E-state index is 0.143. The predicted molar refractivity (Wildman–Crippen MR) is 93.8 cm³/mol. The summed E-state index contributed by atoms with van der Waals surface area (Å²) in [7, 11) is 3.25. The topological polar surface area (TPSA) is 79.8 Å². The number of H-pyrrole nitrogens is 1. The standard InChI is InChI=1S/C18H25N3O4/c1-23-16-4-3-14(7-17(16)24-2)18-15(8-19-20-18)10-21-5-6-25-12-13(9-21)11-22/h3-4,7-8,13,22H,5-6,9-12H2,1-2H3,(H,19,20)/t13-/m0/s1. The Morgan fingerprint density at radius 3 is 2.92 bits per heavy atom. The fraction of sp³-hybridized carbons (Fsp3) is 0.500. The maximum Gasteiger partial charge on any atom is 0.161 e. The van der Waals surface area contributed by atoms with Gasteiger partial charge < -0.3 is 19.3 Å². The van der Waals surface area contributed by atoms with Crippen LogP contribution in [0.3, 0.4) is 0 Å². The van der Waals surface area contributed by atoms with Gasteiger partial charge in [-0.3, -0.25) is 10.00 Å². The minimum Gasteiger partial charge on any atom is -0.493 e. The Morgan fingerprint density at radius 1 is 1.32 bits per heavy atom. The van der Waals surface area contributed by atoms with Crippen LogP contribution in [-0.2, 0) is 11.3 Å². The molecule has 0 aliphatic carbocycles. The Labute approximate surface area is 147 Å². The van der Waals surface area contributed by atoms with E-state index in [1.165, 1.54) is 0 Å². The molecule has 1 fully saturated rings. The number of aromatic amines is 1. The van der Waals surface area contributed by atoms with Crippen LogP contribution in [0.4, 0.5) is 0 Å². The van der Waals surface area contributed by atoms with Crippen LogP contribution in [-0.4, -0.2) is 67.3 Å². The molecule has 1 aliphatic heterocycles. The molecule has 1 aromatic heterocycles. The smallest absolute Gasteiger partial charge is 0.161 e. The Morgan fingerprint density at radius 2 is 2.16 bits per heavy atom. The van der Waals surface area contributed by atoms with Crippen molar-refractivity contribution in [2.24, 2.45) is 5.92 Å². The summed E-state index contributed by atoms with van der Waals surface area (Å²) in [5.74, 6) is 1.53. The van der Waals surface area contributed by atoms with Crippen molar-refractivity contribution in [2.45, 2.75) is 6.54 Å². The summed E-state index contributed by atoms with van der Waals surface area (Å²) in [5, 5.41) is 16.8. The molecule has 0 spiro atoms. The second-order valence-electron chi connectivity index (χ2n) is 6.20. The van der Waals surface area contributed by atoms with E-state index in [1.54, 1.807) is 14.2 Å². The molecular formula is C18H25N3O4. The Hall–Kier alpha value is -2.09. The van der Waals surface area contributed by atoms with Crippen molar-refractivity contribution in [1.82, 2.24) is 15.1 Å². The molecule has 2 heterocycles. The molecule has 1 aliphatic rings. The summed E-state index contributed by atoms with van der Waals surface area (Å²) in [6.45, 7) is 3.84. The number of aromatic nitrogens is 2. The third kappa shape index (κ3) is 4.12. The summed E-state index contributed by atoms with van der Waals surface area (Å²) >= 11 is 0. The average molecular weight is 347 g/mol. The van der Waals surface area contributed by atoms with Crippen molar-refractivity contribution in [2.75, 3.05) is 47.1 Å². The summed E-state index contributed by atoms with van der Waals surface area (Å²) in [6.07, 6.45) is 1.85. The minimum absolute atomic E-state index is 0.143. The van der Waals surface area contributed by atoms with Crippen LogP contribution >= 0.6 is 0 Å². The van der Waals surface area contributed by atoms with Gasteiger partial charge in [-0.25, -0.2) is 0 Å². The van der Waals surface area contributed by atoms with E-state index < -0.39 is 0 Å². The van der Waals surface area contributed by atoms with Gasteiger partial charge in [0.2, 0.25) is 0 Å². The number of hydrogen-bond acceptors (Lipinski definition) is 6. The molecule has 0 amide bonds. The van der Waals surface area contributed by atoms with Crippen molar-refractivity contribution >= 4 is 0 Å². The second kappa shape index (κ2) is 8.33. The maximum absolute atomic E-state index is 9.45. The molecule has 1 saturated heterocycles. The van der Waals surface area contributed by atoms with Crippen LogP contribution in [0.25, 0.3) is 11.3 Å². The van der Waals surface area contributed by atoms with E-state index in [2.05, 4.69) is 15.1 Å². The lowest BCUT2D eigenvalue weighted by molar-refractivity contribution is 0.0958. The molecule has 25 heavy (non-hydrogen) atoms. The summed E-state index contributed by atoms with van der Waals surface area (Å²) < 4.78 is 16.3. The lowest BCUT2D eigenvalue weighted by atomic mass is 10.1. The lowest BCUT2D eigenvalue weighted by Crippen LogP contribution is -2.31. The quantitative estimate of drug-likeness (QED) is 0.825. The summed E-state index contributed by atoms with van der Waals surface area (Å²) in [6, 6.07) is 5.82. The third-order valence-corrected chi connectivity index (χ3v) is 4.46. The fourth-order valence-electron chi connectivity index (χ4n) is 3.12. The van der Waals surface area contributed by atoms with Gasteiger partial charge in [-0.15, -0.1) is 0 Å². The van der Waals surface area contributed by atoms with Gasteiger partial charge in [-0.2, -0.15) is 5.10 Å². The lowest BCUT2D eigenvalue weighted by Gasteiger charge is -2.22. The van der Waals surface area contributed by atoms with Crippen LogP contribution in [0.5, 0.6) is 11.5 Å². The van der Waals surface area contributed by atoms with Gasteiger partial charge in [0.05, 0.1) is 39.3 Å². The van der Waals surface area contributed by atoms with E-state index in [4.69, 9.17) is 14.2 Å². The van der Waals surface area contributed by atoms with Crippen LogP contribution in [0, 0.1) is 5.92 Å². The van der Waals surface area contributed by atoms with Crippen LogP contribution in [0.1, 0.15) is 5.56 Å². The molecule has 136 valence electrons. The van der Waals surface area contributed by atoms with E-state index in [0.717, 1.165) is 36.5 Å². The molecule has 2 aromatic rings. The number of rotatable bonds is 6. The van der Waals surface area contributed by atoms with Crippen molar-refractivity contribution in [1.29, 1.82) is 0 Å². The van der Waals surface area contributed by atoms with Crippen molar-refractivity contribution in [3.05, 3.63) is 30.0 Å². The van der Waals surface area contributed by atoms with E-state index in [1.807, 2.05) is 24.4 Å². The molecule has 0 unspecified atom stereocenters. The largest absolute Gasteiger partial charge is 0.493 e. The van der Waals surface area contributed by atoms with Gasteiger partial charge in [0.1, 0.15) is 0 Å². The van der Waals surface area contributed by atoms with Gasteiger partial charge >= 0.3 is 0 Å². The highest BCUT2D eigenvalue weighted by atomic mass is 16.5. The zero-order valence-corrected chi connectivity index (χ0v) is 14.7. The highest BCUT2D eigenvalue weighted by Crippen LogP contribution is 2.33. The van der Waals surface area contributed by atoms with E-state index in [-0.39, 0.29) is 12.5 Å². The van der Waals surface area contributed by atoms with E-state index in [0.29, 0.717) is 24.7 Å². The fourth-order valence-corrected chi connectivity index (χ4v) is 3.12. The zero-order valence-electron chi connectivity index (χ0n) is 14.7. The third-order valence-electron chi connectivity index (χ3n) is 4.46. The highest BCUT2D eigenvalue weighted by molar-refractivity contribution is 5.66. The molecule has 7 heteroatoms. The van der Waals surface area contributed by atoms with Crippen LogP contribution < -0.4 is 9.47 Å². The summed E-state index contributed by atoms with van der Waals surface area (Å²) in [4.78, 5) is 2.29. The molecule has 7 nitrogen and oxygen atoms in total. The molecule has 1 aromatic carbocycles. The molecule has 0 bridgehead atoms. The predicted octanol–water partition coefficient (Wildman–Crippen LogP) is 1.53. The second-order valence-corrected chi connectivity index (χ2v) is 6.20. The average Bonchev–Trinajstić information content (AvgIpc) is 2.98. The first kappa shape index (κ1) is 17.7. The first-order valence-corrected chi connectivity index (χ1v) is 8.40. The van der Waals surface area contributed by atoms with Gasteiger partial charge in [-0.1, -0.05) is 0 Å². The molecule has 0 radical (unpaired) electrons. The molecular weight excluding hydrogens is 322 g/mol. The number of ether oxygens (including phenoxy) is 3. The SMILES string of the molecule is COc1ccc(-c2[nH]ncc2CN2CCOC[C@H](CO)C2)cc1OC. The molecule has 2 N–H and O–H groups in total. The van der Waals surface area contributed by atoms with Crippen LogP contribution in [0.2, 0.25) is 0 Å². The zero-order chi connectivity index (χ0) is 17.6. The monoisotopic (exact) mass is 347 g/mol. The highest BCUT2D eigenvalue weighted by Gasteiger charge is 2.20. The van der Waals surface area contributed by atoms with Crippen molar-refractivity contribution in [3.63, 3.8) is 0 Å². The maximum atomic E-state index is 9.45. The normalized spacial score (nSPS) is 18.8. The number of benzene rings is 1. The molecule has 3 rings (SSSR count). The number of nitrogens with zero attached hydrogens (tertiary/aromatic N) is 2. The van der Waals surface area contributed by atoms with Gasteiger partial charge in [0.25, 0.3) is 0 Å². The number of methoxy groups -OCH3 is 2. The van der Waals surface area contributed by atoms with Gasteiger partial charge in [0, 0.05) is 43.3 Å².